The monoisotopic (exact) mass is 383 g/mol. The molecule has 3 rings (SSSR count). The highest BCUT2D eigenvalue weighted by molar-refractivity contribution is 7.80. The van der Waals surface area contributed by atoms with Crippen molar-refractivity contribution in [1.29, 1.82) is 0 Å². The summed E-state index contributed by atoms with van der Waals surface area (Å²) in [6.07, 6.45) is 1.80. The van der Waals surface area contributed by atoms with E-state index in [9.17, 15) is 9.59 Å². The predicted octanol–water partition coefficient (Wildman–Crippen LogP) is 3.56. The molecule has 6 nitrogen and oxygen atoms in total. The lowest BCUT2D eigenvalue weighted by Gasteiger charge is -2.13. The summed E-state index contributed by atoms with van der Waals surface area (Å²) in [5.74, 6) is 0.444. The summed E-state index contributed by atoms with van der Waals surface area (Å²) < 4.78 is 5.39. The van der Waals surface area contributed by atoms with E-state index in [4.69, 9.17) is 17.0 Å². The van der Waals surface area contributed by atoms with Gasteiger partial charge in [0.15, 0.2) is 5.11 Å². The van der Waals surface area contributed by atoms with E-state index in [1.807, 2.05) is 6.92 Å². The summed E-state index contributed by atoms with van der Waals surface area (Å²) in [6.45, 7) is 2.50. The number of hydrogen-bond acceptors (Lipinski definition) is 4. The van der Waals surface area contributed by atoms with Crippen molar-refractivity contribution >= 4 is 40.5 Å². The molecular formula is C20H21N3O3S. The Morgan fingerprint density at radius 1 is 1.07 bits per heavy atom. The minimum atomic E-state index is -0.279. The number of para-hydroxylation sites is 1. The van der Waals surface area contributed by atoms with Crippen LogP contribution in [0.2, 0.25) is 0 Å². The molecule has 1 aliphatic rings. The van der Waals surface area contributed by atoms with Gasteiger partial charge in [-0.1, -0.05) is 12.1 Å². The van der Waals surface area contributed by atoms with Gasteiger partial charge in [-0.05, 0) is 68.4 Å². The average Bonchev–Trinajstić information content (AvgIpc) is 3.49. The van der Waals surface area contributed by atoms with E-state index in [0.717, 1.165) is 18.6 Å². The van der Waals surface area contributed by atoms with Gasteiger partial charge in [-0.3, -0.25) is 9.59 Å². The Bertz CT molecular complexity index is 848. The molecule has 1 fully saturated rings. The first-order chi connectivity index (χ1) is 13.1. The number of amides is 2. The van der Waals surface area contributed by atoms with E-state index in [1.54, 1.807) is 48.5 Å². The Hall–Kier alpha value is -2.93. The summed E-state index contributed by atoms with van der Waals surface area (Å²) in [5.41, 5.74) is 1.61. The summed E-state index contributed by atoms with van der Waals surface area (Å²) >= 11 is 5.19. The fourth-order valence-electron chi connectivity index (χ4n) is 2.50. The maximum absolute atomic E-state index is 12.7. The highest BCUT2D eigenvalue weighted by Gasteiger charge is 2.30. The maximum Gasteiger partial charge on any atom is 0.257 e. The standard InChI is InChI=1S/C20H21N3O3S/c1-2-26-15-11-9-14(10-12-15)21-19(25)16-5-3-4-6-17(16)22-20(27)23-18(24)13-7-8-13/h3-6,9-13H,2,7-8H2,1H3,(H,21,25)(H2,22,23,24,27). The van der Waals surface area contributed by atoms with E-state index < -0.39 is 0 Å². The number of anilines is 2. The van der Waals surface area contributed by atoms with Crippen molar-refractivity contribution in [2.75, 3.05) is 17.2 Å². The molecule has 0 spiro atoms. The fourth-order valence-corrected chi connectivity index (χ4v) is 2.71. The number of hydrogen-bond donors (Lipinski definition) is 3. The minimum Gasteiger partial charge on any atom is -0.494 e. The number of benzene rings is 2. The van der Waals surface area contributed by atoms with Crippen molar-refractivity contribution in [1.82, 2.24) is 5.32 Å². The SMILES string of the molecule is CCOc1ccc(NC(=O)c2ccccc2NC(=S)NC(=O)C2CC2)cc1. The van der Waals surface area contributed by atoms with Crippen LogP contribution in [-0.2, 0) is 4.79 Å². The summed E-state index contributed by atoms with van der Waals surface area (Å²) in [7, 11) is 0. The molecule has 27 heavy (non-hydrogen) atoms. The average molecular weight is 383 g/mol. The minimum absolute atomic E-state index is 0.0583. The van der Waals surface area contributed by atoms with Gasteiger partial charge in [-0.25, -0.2) is 0 Å². The van der Waals surface area contributed by atoms with Crippen molar-refractivity contribution in [3.63, 3.8) is 0 Å². The molecule has 3 N–H and O–H groups in total. The molecule has 0 unspecified atom stereocenters. The molecule has 2 aromatic carbocycles. The van der Waals surface area contributed by atoms with Gasteiger partial charge in [-0.15, -0.1) is 0 Å². The number of thiocarbonyl (C=S) groups is 1. The first-order valence-electron chi connectivity index (χ1n) is 8.82. The molecule has 1 aliphatic carbocycles. The molecule has 2 aromatic rings. The van der Waals surface area contributed by atoms with Crippen LogP contribution in [0.4, 0.5) is 11.4 Å². The molecule has 0 heterocycles. The zero-order chi connectivity index (χ0) is 19.2. The van der Waals surface area contributed by atoms with Gasteiger partial charge >= 0.3 is 0 Å². The van der Waals surface area contributed by atoms with Crippen LogP contribution in [0.3, 0.4) is 0 Å². The molecule has 0 bridgehead atoms. The van der Waals surface area contributed by atoms with Crippen LogP contribution in [0.15, 0.2) is 48.5 Å². The van der Waals surface area contributed by atoms with E-state index in [2.05, 4.69) is 16.0 Å². The second kappa shape index (κ2) is 8.64. The lowest BCUT2D eigenvalue weighted by molar-refractivity contribution is -0.120. The number of rotatable bonds is 6. The predicted molar refractivity (Wildman–Crippen MR) is 109 cm³/mol. The lowest BCUT2D eigenvalue weighted by atomic mass is 10.1. The molecular weight excluding hydrogens is 362 g/mol. The number of carbonyl (C=O) groups is 2. The maximum atomic E-state index is 12.7. The van der Waals surface area contributed by atoms with Crippen LogP contribution < -0.4 is 20.7 Å². The molecule has 0 aliphatic heterocycles. The third-order valence-electron chi connectivity index (χ3n) is 4.03. The van der Waals surface area contributed by atoms with Gasteiger partial charge in [0.25, 0.3) is 5.91 Å². The topological polar surface area (TPSA) is 79.5 Å². The number of nitrogens with one attached hydrogen (secondary N) is 3. The Morgan fingerprint density at radius 3 is 2.44 bits per heavy atom. The van der Waals surface area contributed by atoms with Crippen molar-refractivity contribution < 1.29 is 14.3 Å². The van der Waals surface area contributed by atoms with Crippen LogP contribution in [0, 0.1) is 5.92 Å². The highest BCUT2D eigenvalue weighted by Crippen LogP contribution is 2.28. The van der Waals surface area contributed by atoms with Crippen molar-refractivity contribution in [2.45, 2.75) is 19.8 Å². The van der Waals surface area contributed by atoms with Gasteiger partial charge in [-0.2, -0.15) is 0 Å². The van der Waals surface area contributed by atoms with Gasteiger partial charge in [0, 0.05) is 11.6 Å². The zero-order valence-corrected chi connectivity index (χ0v) is 15.8. The number of carbonyl (C=O) groups excluding carboxylic acids is 2. The van der Waals surface area contributed by atoms with E-state index in [0.29, 0.717) is 23.5 Å². The summed E-state index contributed by atoms with van der Waals surface area (Å²) in [5, 5.41) is 8.63. The van der Waals surface area contributed by atoms with Gasteiger partial charge in [0.1, 0.15) is 5.75 Å². The van der Waals surface area contributed by atoms with E-state index >= 15 is 0 Å². The van der Waals surface area contributed by atoms with Crippen molar-refractivity contribution in [2.24, 2.45) is 5.92 Å². The zero-order valence-electron chi connectivity index (χ0n) is 15.0. The summed E-state index contributed by atoms with van der Waals surface area (Å²) in [6, 6.07) is 14.1. The van der Waals surface area contributed by atoms with Crippen molar-refractivity contribution in [3.05, 3.63) is 54.1 Å². The normalized spacial score (nSPS) is 12.8. The molecule has 1 saturated carbocycles. The third kappa shape index (κ3) is 5.27. The third-order valence-corrected chi connectivity index (χ3v) is 4.23. The molecule has 0 radical (unpaired) electrons. The second-order valence-electron chi connectivity index (χ2n) is 6.17. The Kier molecular flexibility index (Phi) is 6.03. The second-order valence-corrected chi connectivity index (χ2v) is 6.58. The van der Waals surface area contributed by atoms with E-state index in [1.165, 1.54) is 0 Å². The van der Waals surface area contributed by atoms with Crippen LogP contribution in [0.1, 0.15) is 30.1 Å². The summed E-state index contributed by atoms with van der Waals surface area (Å²) in [4.78, 5) is 24.5. The van der Waals surface area contributed by atoms with Gasteiger partial charge < -0.3 is 20.7 Å². The van der Waals surface area contributed by atoms with Crippen LogP contribution in [0.25, 0.3) is 0 Å². The number of ether oxygens (including phenoxy) is 1. The van der Waals surface area contributed by atoms with Gasteiger partial charge in [0.2, 0.25) is 5.91 Å². The lowest BCUT2D eigenvalue weighted by Crippen LogP contribution is -2.35. The first-order valence-corrected chi connectivity index (χ1v) is 9.22. The molecule has 0 atom stereocenters. The molecule has 0 aromatic heterocycles. The fraction of sp³-hybridized carbons (Fsp3) is 0.250. The Morgan fingerprint density at radius 2 is 1.78 bits per heavy atom. The smallest absolute Gasteiger partial charge is 0.257 e. The van der Waals surface area contributed by atoms with Crippen molar-refractivity contribution in [3.8, 4) is 5.75 Å². The highest BCUT2D eigenvalue weighted by atomic mass is 32.1. The quantitative estimate of drug-likeness (QED) is 0.665. The Labute approximate surface area is 163 Å². The Balaban J connectivity index is 1.65. The largest absolute Gasteiger partial charge is 0.494 e. The molecule has 0 saturated heterocycles. The van der Waals surface area contributed by atoms with Crippen LogP contribution in [-0.4, -0.2) is 23.5 Å². The molecule has 7 heteroatoms. The van der Waals surface area contributed by atoms with Crippen LogP contribution in [0.5, 0.6) is 5.75 Å². The van der Waals surface area contributed by atoms with Crippen LogP contribution >= 0.6 is 12.2 Å². The van der Waals surface area contributed by atoms with Gasteiger partial charge in [0.05, 0.1) is 17.9 Å². The first kappa shape index (κ1) is 18.8. The molecule has 2 amide bonds. The molecule has 140 valence electrons. The van der Waals surface area contributed by atoms with E-state index in [-0.39, 0.29) is 22.8 Å².